The number of amides is 1. The molecule has 1 aliphatic carbocycles. The molecular weight excluding hydrogens is 292 g/mol. The van der Waals surface area contributed by atoms with E-state index in [-0.39, 0.29) is 12.1 Å². The van der Waals surface area contributed by atoms with Crippen LogP contribution in [0.25, 0.3) is 0 Å². The van der Waals surface area contributed by atoms with Gasteiger partial charge in [0.1, 0.15) is 12.2 Å². The van der Waals surface area contributed by atoms with Crippen LogP contribution < -0.4 is 5.32 Å². The fraction of sp³-hybridized carbons (Fsp3) is 0.556. The number of nitrogens with one attached hydrogen (secondary N) is 1. The summed E-state index contributed by atoms with van der Waals surface area (Å²) in [5.41, 5.74) is 1.71. The third kappa shape index (κ3) is 6.72. The van der Waals surface area contributed by atoms with E-state index in [9.17, 15) is 4.79 Å². The molecular formula is C18H26N2O3. The van der Waals surface area contributed by atoms with E-state index < -0.39 is 5.60 Å². The number of hydrogen-bond acceptors (Lipinski definition) is 4. The molecule has 0 aromatic heterocycles. The zero-order valence-corrected chi connectivity index (χ0v) is 14.2. The Balaban J connectivity index is 1.69. The minimum Gasteiger partial charge on any atom is -0.444 e. The summed E-state index contributed by atoms with van der Waals surface area (Å²) in [6, 6.07) is 10.1. The average Bonchev–Trinajstić information content (AvgIpc) is 2.48. The SMILES string of the molecule is CC(C)(C)OC(=O)NC1CCC(=NOCc2ccccc2)CC1. The molecule has 23 heavy (non-hydrogen) atoms. The lowest BCUT2D eigenvalue weighted by Gasteiger charge is -2.26. The summed E-state index contributed by atoms with van der Waals surface area (Å²) >= 11 is 0. The van der Waals surface area contributed by atoms with Gasteiger partial charge in [0.15, 0.2) is 0 Å². The van der Waals surface area contributed by atoms with Crippen molar-refractivity contribution in [1.29, 1.82) is 0 Å². The number of ether oxygens (including phenoxy) is 1. The second kappa shape index (κ2) is 7.99. The Morgan fingerprint density at radius 2 is 1.87 bits per heavy atom. The van der Waals surface area contributed by atoms with Gasteiger partial charge in [0.05, 0.1) is 5.71 Å². The van der Waals surface area contributed by atoms with Gasteiger partial charge >= 0.3 is 6.09 Å². The molecule has 1 aromatic carbocycles. The molecule has 0 heterocycles. The number of carbonyl (C=O) groups is 1. The van der Waals surface area contributed by atoms with Crippen molar-refractivity contribution in [3.63, 3.8) is 0 Å². The zero-order chi connectivity index (χ0) is 16.7. The van der Waals surface area contributed by atoms with Gasteiger partial charge in [0.25, 0.3) is 0 Å². The normalized spacial score (nSPS) is 18.2. The van der Waals surface area contributed by atoms with Crippen LogP contribution in [0.2, 0.25) is 0 Å². The zero-order valence-electron chi connectivity index (χ0n) is 14.2. The van der Waals surface area contributed by atoms with Gasteiger partial charge in [0.2, 0.25) is 0 Å². The van der Waals surface area contributed by atoms with Crippen molar-refractivity contribution in [3.05, 3.63) is 35.9 Å². The Hall–Kier alpha value is -2.04. The number of hydrogen-bond donors (Lipinski definition) is 1. The van der Waals surface area contributed by atoms with Crippen LogP contribution in [0, 0.1) is 0 Å². The smallest absolute Gasteiger partial charge is 0.407 e. The molecule has 1 saturated carbocycles. The van der Waals surface area contributed by atoms with Gasteiger partial charge in [-0.15, -0.1) is 0 Å². The van der Waals surface area contributed by atoms with Gasteiger partial charge in [0, 0.05) is 6.04 Å². The summed E-state index contributed by atoms with van der Waals surface area (Å²) in [5, 5.41) is 7.15. The minimum absolute atomic E-state index is 0.151. The summed E-state index contributed by atoms with van der Waals surface area (Å²) < 4.78 is 5.28. The maximum Gasteiger partial charge on any atom is 0.407 e. The number of rotatable bonds is 4. The monoisotopic (exact) mass is 318 g/mol. The van der Waals surface area contributed by atoms with E-state index in [1.165, 1.54) is 0 Å². The van der Waals surface area contributed by atoms with Crippen molar-refractivity contribution in [1.82, 2.24) is 5.32 Å². The van der Waals surface area contributed by atoms with E-state index in [1.807, 2.05) is 51.1 Å². The first-order valence-corrected chi connectivity index (χ1v) is 8.13. The third-order valence-electron chi connectivity index (χ3n) is 3.55. The number of oxime groups is 1. The van der Waals surface area contributed by atoms with Crippen LogP contribution in [0.4, 0.5) is 4.79 Å². The number of nitrogens with zero attached hydrogens (tertiary/aromatic N) is 1. The molecule has 1 amide bonds. The molecule has 0 atom stereocenters. The molecule has 0 radical (unpaired) electrons. The first-order chi connectivity index (χ1) is 10.9. The Labute approximate surface area is 138 Å². The molecule has 0 bridgehead atoms. The minimum atomic E-state index is -0.462. The molecule has 5 heteroatoms. The Kier molecular flexibility index (Phi) is 6.02. The fourth-order valence-electron chi connectivity index (χ4n) is 2.43. The highest BCUT2D eigenvalue weighted by molar-refractivity contribution is 5.85. The summed E-state index contributed by atoms with van der Waals surface area (Å²) in [4.78, 5) is 17.2. The Morgan fingerprint density at radius 1 is 1.22 bits per heavy atom. The summed E-state index contributed by atoms with van der Waals surface area (Å²) in [6.07, 6.45) is 3.08. The average molecular weight is 318 g/mol. The molecule has 1 fully saturated rings. The highest BCUT2D eigenvalue weighted by Crippen LogP contribution is 2.17. The molecule has 0 aliphatic heterocycles. The van der Waals surface area contributed by atoms with Crippen LogP contribution in [-0.4, -0.2) is 23.4 Å². The van der Waals surface area contributed by atoms with Crippen LogP contribution in [0.15, 0.2) is 35.5 Å². The Bertz CT molecular complexity index is 525. The number of carbonyl (C=O) groups excluding carboxylic acids is 1. The topological polar surface area (TPSA) is 59.9 Å². The van der Waals surface area contributed by atoms with Crippen molar-refractivity contribution in [2.24, 2.45) is 5.16 Å². The van der Waals surface area contributed by atoms with Crippen molar-refractivity contribution in [2.75, 3.05) is 0 Å². The molecule has 0 spiro atoms. The molecule has 1 aliphatic rings. The van der Waals surface area contributed by atoms with Crippen LogP contribution >= 0.6 is 0 Å². The first kappa shape index (κ1) is 17.3. The predicted molar refractivity (Wildman–Crippen MR) is 90.3 cm³/mol. The molecule has 126 valence electrons. The summed E-state index contributed by atoms with van der Waals surface area (Å²) in [5.74, 6) is 0. The summed E-state index contributed by atoms with van der Waals surface area (Å²) in [6.45, 7) is 6.08. The van der Waals surface area contributed by atoms with Gasteiger partial charge < -0.3 is 14.9 Å². The lowest BCUT2D eigenvalue weighted by molar-refractivity contribution is 0.0498. The lowest BCUT2D eigenvalue weighted by Crippen LogP contribution is -2.41. The molecule has 2 rings (SSSR count). The predicted octanol–water partition coefficient (Wildman–Crippen LogP) is 4.03. The van der Waals surface area contributed by atoms with Gasteiger partial charge in [-0.1, -0.05) is 35.5 Å². The van der Waals surface area contributed by atoms with E-state index in [1.54, 1.807) is 0 Å². The standard InChI is InChI=1S/C18H26N2O3/c1-18(2,3)23-17(21)19-15-9-11-16(12-10-15)20-22-13-14-7-5-4-6-8-14/h4-8,15H,9-13H2,1-3H3,(H,19,21). The highest BCUT2D eigenvalue weighted by atomic mass is 16.6. The molecule has 5 nitrogen and oxygen atoms in total. The largest absolute Gasteiger partial charge is 0.444 e. The van der Waals surface area contributed by atoms with E-state index in [2.05, 4.69) is 10.5 Å². The van der Waals surface area contributed by atoms with Crippen molar-refractivity contribution in [3.8, 4) is 0 Å². The fourth-order valence-corrected chi connectivity index (χ4v) is 2.43. The third-order valence-corrected chi connectivity index (χ3v) is 3.55. The lowest BCUT2D eigenvalue weighted by atomic mass is 9.94. The summed E-state index contributed by atoms with van der Waals surface area (Å²) in [7, 11) is 0. The maximum absolute atomic E-state index is 11.7. The second-order valence-corrected chi connectivity index (χ2v) is 6.84. The second-order valence-electron chi connectivity index (χ2n) is 6.84. The van der Waals surface area contributed by atoms with Gasteiger partial charge in [-0.3, -0.25) is 0 Å². The van der Waals surface area contributed by atoms with Gasteiger partial charge in [-0.25, -0.2) is 4.79 Å². The molecule has 0 unspecified atom stereocenters. The highest BCUT2D eigenvalue weighted by Gasteiger charge is 2.23. The van der Waals surface area contributed by atoms with Crippen LogP contribution in [0.5, 0.6) is 0 Å². The van der Waals surface area contributed by atoms with Crippen LogP contribution in [-0.2, 0) is 16.2 Å². The molecule has 1 N–H and O–H groups in total. The van der Waals surface area contributed by atoms with Crippen LogP contribution in [0.3, 0.4) is 0 Å². The quantitative estimate of drug-likeness (QED) is 0.853. The number of benzene rings is 1. The van der Waals surface area contributed by atoms with Gasteiger partial charge in [-0.05, 0) is 52.0 Å². The first-order valence-electron chi connectivity index (χ1n) is 8.13. The van der Waals surface area contributed by atoms with E-state index in [4.69, 9.17) is 9.57 Å². The van der Waals surface area contributed by atoms with Crippen molar-refractivity contribution < 1.29 is 14.4 Å². The van der Waals surface area contributed by atoms with Crippen LogP contribution in [0.1, 0.15) is 52.0 Å². The van der Waals surface area contributed by atoms with Crippen molar-refractivity contribution >= 4 is 11.8 Å². The van der Waals surface area contributed by atoms with Gasteiger partial charge in [-0.2, -0.15) is 0 Å². The maximum atomic E-state index is 11.7. The van der Waals surface area contributed by atoms with E-state index in [0.717, 1.165) is 37.0 Å². The molecule has 1 aromatic rings. The van der Waals surface area contributed by atoms with E-state index >= 15 is 0 Å². The van der Waals surface area contributed by atoms with Crippen molar-refractivity contribution in [2.45, 2.75) is 64.7 Å². The molecule has 0 saturated heterocycles. The Morgan fingerprint density at radius 3 is 2.48 bits per heavy atom. The van der Waals surface area contributed by atoms with E-state index in [0.29, 0.717) is 6.61 Å². The number of alkyl carbamates (subject to hydrolysis) is 1.